The predicted molar refractivity (Wildman–Crippen MR) is 83.5 cm³/mol. The van der Waals surface area contributed by atoms with Crippen LogP contribution in [0.25, 0.3) is 0 Å². The molecule has 1 aromatic carbocycles. The van der Waals surface area contributed by atoms with Gasteiger partial charge in [-0.25, -0.2) is 0 Å². The van der Waals surface area contributed by atoms with Crippen LogP contribution in [0.2, 0.25) is 0 Å². The first-order chi connectivity index (χ1) is 9.01. The quantitative estimate of drug-likeness (QED) is 0.277. The van der Waals surface area contributed by atoms with Crippen molar-refractivity contribution in [1.82, 2.24) is 0 Å². The van der Waals surface area contributed by atoms with E-state index in [2.05, 4.69) is 23.9 Å². The zero-order chi connectivity index (χ0) is 14.4. The molecule has 0 saturated carbocycles. The maximum atomic E-state index is 8.97. The second-order valence-electron chi connectivity index (χ2n) is 4.94. The highest BCUT2D eigenvalue weighted by Crippen LogP contribution is 2.29. The molecule has 0 fully saturated rings. The number of amidine groups is 1. The smallest absolute Gasteiger partial charge is 0.173 e. The third-order valence-electron chi connectivity index (χ3n) is 3.04. The molecule has 0 bridgehead atoms. The topological polar surface area (TPSA) is 61.8 Å². The maximum Gasteiger partial charge on any atom is 0.173 e. The average Bonchev–Trinajstić information content (AvgIpc) is 2.42. The number of nitrogens with two attached hydrogens (primary N) is 1. The van der Waals surface area contributed by atoms with Crippen LogP contribution in [0.1, 0.15) is 25.8 Å². The summed E-state index contributed by atoms with van der Waals surface area (Å²) in [6.07, 6.45) is 3.09. The van der Waals surface area contributed by atoms with E-state index in [1.807, 2.05) is 31.5 Å². The lowest BCUT2D eigenvalue weighted by atomic mass is 10.1. The fourth-order valence-corrected chi connectivity index (χ4v) is 2.52. The van der Waals surface area contributed by atoms with Crippen LogP contribution in [-0.2, 0) is 0 Å². The monoisotopic (exact) mass is 281 g/mol. The number of anilines is 1. The van der Waals surface area contributed by atoms with E-state index in [0.29, 0.717) is 5.92 Å². The second kappa shape index (κ2) is 7.28. The Kier molecular flexibility index (Phi) is 6.02. The van der Waals surface area contributed by atoms with Crippen molar-refractivity contribution in [3.63, 3.8) is 0 Å². The fraction of sp³-hybridized carbons (Fsp3) is 0.500. The van der Waals surface area contributed by atoms with Crippen LogP contribution in [0.5, 0.6) is 0 Å². The zero-order valence-electron chi connectivity index (χ0n) is 12.1. The molecule has 0 radical (unpaired) electrons. The lowest BCUT2D eigenvalue weighted by Crippen LogP contribution is -2.25. The summed E-state index contributed by atoms with van der Waals surface area (Å²) in [4.78, 5) is 3.18. The molecule has 0 aromatic heterocycles. The minimum absolute atomic E-state index is 0.163. The van der Waals surface area contributed by atoms with E-state index in [1.54, 1.807) is 11.8 Å². The Morgan fingerprint density at radius 3 is 2.68 bits per heavy atom. The predicted octanol–water partition coefficient (Wildman–Crippen LogP) is 2.99. The van der Waals surface area contributed by atoms with Gasteiger partial charge in [0.05, 0.1) is 5.56 Å². The molecule has 0 amide bonds. The molecule has 3 N–H and O–H groups in total. The van der Waals surface area contributed by atoms with Gasteiger partial charge in [-0.3, -0.25) is 0 Å². The number of thioether (sulfide) groups is 1. The van der Waals surface area contributed by atoms with Crippen molar-refractivity contribution in [1.29, 1.82) is 0 Å². The minimum atomic E-state index is 0.163. The van der Waals surface area contributed by atoms with E-state index in [9.17, 15) is 0 Å². The van der Waals surface area contributed by atoms with Crippen molar-refractivity contribution in [3.05, 3.63) is 23.8 Å². The van der Waals surface area contributed by atoms with Crippen molar-refractivity contribution in [2.45, 2.75) is 25.2 Å². The highest BCUT2D eigenvalue weighted by Gasteiger charge is 2.15. The highest BCUT2D eigenvalue weighted by atomic mass is 32.2. The summed E-state index contributed by atoms with van der Waals surface area (Å²) in [5, 5.41) is 12.1. The summed E-state index contributed by atoms with van der Waals surface area (Å²) >= 11 is 1.60. The van der Waals surface area contributed by atoms with Crippen LogP contribution in [0.4, 0.5) is 5.69 Å². The molecule has 106 valence electrons. The fourth-order valence-electron chi connectivity index (χ4n) is 1.89. The number of hydrogen-bond donors (Lipinski definition) is 2. The lowest BCUT2D eigenvalue weighted by Gasteiger charge is -2.24. The lowest BCUT2D eigenvalue weighted by molar-refractivity contribution is 0.318. The van der Waals surface area contributed by atoms with Crippen molar-refractivity contribution in [2.75, 3.05) is 24.7 Å². The van der Waals surface area contributed by atoms with Gasteiger partial charge in [0.2, 0.25) is 0 Å². The first-order valence-electron chi connectivity index (χ1n) is 6.37. The van der Waals surface area contributed by atoms with E-state index < -0.39 is 0 Å². The molecule has 5 heteroatoms. The highest BCUT2D eigenvalue weighted by molar-refractivity contribution is 7.98. The second-order valence-corrected chi connectivity index (χ2v) is 5.79. The van der Waals surface area contributed by atoms with Gasteiger partial charge in [-0.1, -0.05) is 25.1 Å². The van der Waals surface area contributed by atoms with Crippen LogP contribution in [0, 0.1) is 5.92 Å². The van der Waals surface area contributed by atoms with Gasteiger partial charge in [0.25, 0.3) is 0 Å². The van der Waals surface area contributed by atoms with Gasteiger partial charge in [0.1, 0.15) is 0 Å². The minimum Gasteiger partial charge on any atom is -0.409 e. The standard InChI is InChI=1S/C14H23N3OS/c1-10(2)8-9-17(3)11-6-5-7-12(19-4)13(11)14(15)16-18/h5-7,10,18H,8-9H2,1-4H3,(H2,15,16). The Morgan fingerprint density at radius 2 is 2.16 bits per heavy atom. The Bertz CT molecular complexity index is 446. The normalized spacial score (nSPS) is 11.9. The number of oxime groups is 1. The Labute approximate surface area is 119 Å². The molecule has 0 heterocycles. The van der Waals surface area contributed by atoms with Gasteiger partial charge in [-0.15, -0.1) is 11.8 Å². The number of hydrogen-bond acceptors (Lipinski definition) is 4. The molecule has 0 aliphatic rings. The number of rotatable bonds is 6. The Morgan fingerprint density at radius 1 is 1.47 bits per heavy atom. The summed E-state index contributed by atoms with van der Waals surface area (Å²) in [6.45, 7) is 5.36. The summed E-state index contributed by atoms with van der Waals surface area (Å²) in [7, 11) is 2.04. The van der Waals surface area contributed by atoms with E-state index in [-0.39, 0.29) is 5.84 Å². The van der Waals surface area contributed by atoms with Gasteiger partial charge in [-0.2, -0.15) is 0 Å². The van der Waals surface area contributed by atoms with E-state index in [1.165, 1.54) is 0 Å². The summed E-state index contributed by atoms with van der Waals surface area (Å²) in [6, 6.07) is 5.99. The van der Waals surface area contributed by atoms with Crippen LogP contribution >= 0.6 is 11.8 Å². The van der Waals surface area contributed by atoms with E-state index in [0.717, 1.165) is 29.1 Å². The summed E-state index contributed by atoms with van der Waals surface area (Å²) < 4.78 is 0. The van der Waals surface area contributed by atoms with Crippen LogP contribution in [0.15, 0.2) is 28.3 Å². The first kappa shape index (κ1) is 15.7. The number of nitrogens with zero attached hydrogens (tertiary/aromatic N) is 2. The third-order valence-corrected chi connectivity index (χ3v) is 3.82. The Hall–Kier alpha value is -1.36. The SMILES string of the molecule is CSc1cccc(N(C)CCC(C)C)c1/C(N)=N/O. The molecule has 0 spiro atoms. The van der Waals surface area contributed by atoms with Crippen molar-refractivity contribution in [3.8, 4) is 0 Å². The largest absolute Gasteiger partial charge is 0.409 e. The van der Waals surface area contributed by atoms with Crippen LogP contribution in [0.3, 0.4) is 0 Å². The first-order valence-corrected chi connectivity index (χ1v) is 7.59. The molecule has 0 unspecified atom stereocenters. The third kappa shape index (κ3) is 4.06. The number of benzene rings is 1. The summed E-state index contributed by atoms with van der Waals surface area (Å²) in [5.74, 6) is 0.815. The molecule has 1 aromatic rings. The van der Waals surface area contributed by atoms with Crippen molar-refractivity contribution >= 4 is 23.3 Å². The molecule has 0 aliphatic heterocycles. The average molecular weight is 281 g/mol. The van der Waals surface area contributed by atoms with E-state index >= 15 is 0 Å². The molecule has 0 saturated heterocycles. The van der Waals surface area contributed by atoms with Crippen LogP contribution < -0.4 is 10.6 Å². The van der Waals surface area contributed by atoms with Gasteiger partial charge in [-0.05, 0) is 30.7 Å². The van der Waals surface area contributed by atoms with Gasteiger partial charge in [0, 0.05) is 24.2 Å². The molecule has 0 atom stereocenters. The van der Waals surface area contributed by atoms with E-state index in [4.69, 9.17) is 10.9 Å². The molecular formula is C14H23N3OS. The van der Waals surface area contributed by atoms with Gasteiger partial charge in [0.15, 0.2) is 5.84 Å². The van der Waals surface area contributed by atoms with Gasteiger partial charge >= 0.3 is 0 Å². The van der Waals surface area contributed by atoms with Crippen molar-refractivity contribution < 1.29 is 5.21 Å². The zero-order valence-corrected chi connectivity index (χ0v) is 12.9. The maximum absolute atomic E-state index is 8.97. The molecule has 1 rings (SSSR count). The van der Waals surface area contributed by atoms with Crippen LogP contribution in [-0.4, -0.2) is 30.9 Å². The van der Waals surface area contributed by atoms with Gasteiger partial charge < -0.3 is 15.8 Å². The molecular weight excluding hydrogens is 258 g/mol. The Balaban J connectivity index is 3.12. The molecule has 4 nitrogen and oxygen atoms in total. The molecule has 0 aliphatic carbocycles. The molecule has 19 heavy (non-hydrogen) atoms. The summed E-state index contributed by atoms with van der Waals surface area (Å²) in [5.41, 5.74) is 7.64. The van der Waals surface area contributed by atoms with Crippen molar-refractivity contribution in [2.24, 2.45) is 16.8 Å².